The van der Waals surface area contributed by atoms with E-state index in [9.17, 15) is 13.2 Å². The van der Waals surface area contributed by atoms with Crippen molar-refractivity contribution in [2.45, 2.75) is 31.8 Å². The lowest BCUT2D eigenvalue weighted by Crippen LogP contribution is -2.23. The molecule has 2 aromatic carbocycles. The molecule has 0 atom stereocenters. The molecule has 26 heavy (non-hydrogen) atoms. The first-order valence-electron chi connectivity index (χ1n) is 8.22. The van der Waals surface area contributed by atoms with Gasteiger partial charge in [0.15, 0.2) is 0 Å². The summed E-state index contributed by atoms with van der Waals surface area (Å²) in [4.78, 5) is 12.6. The molecule has 0 bridgehead atoms. The normalized spacial score (nSPS) is 11.7. The van der Waals surface area contributed by atoms with Crippen molar-refractivity contribution in [3.63, 3.8) is 0 Å². The van der Waals surface area contributed by atoms with Crippen molar-refractivity contribution in [3.05, 3.63) is 53.6 Å². The number of nitrogens with one attached hydrogen (secondary N) is 1. The number of sulfonamides is 1. The molecule has 0 saturated carbocycles. The summed E-state index contributed by atoms with van der Waals surface area (Å²) >= 11 is 0. The van der Waals surface area contributed by atoms with E-state index in [0.29, 0.717) is 17.0 Å². The van der Waals surface area contributed by atoms with Crippen LogP contribution >= 0.6 is 0 Å². The van der Waals surface area contributed by atoms with Crippen molar-refractivity contribution in [2.24, 2.45) is 0 Å². The molecule has 0 fully saturated rings. The van der Waals surface area contributed by atoms with Gasteiger partial charge in [0.25, 0.3) is 5.91 Å². The number of carbonyl (C=O) groups is 1. The van der Waals surface area contributed by atoms with Crippen molar-refractivity contribution in [3.8, 4) is 5.75 Å². The van der Waals surface area contributed by atoms with Crippen LogP contribution in [0.25, 0.3) is 0 Å². The van der Waals surface area contributed by atoms with Gasteiger partial charge in [-0.1, -0.05) is 6.07 Å². The van der Waals surface area contributed by atoms with Crippen molar-refractivity contribution in [2.75, 3.05) is 19.4 Å². The molecule has 0 aliphatic rings. The monoisotopic (exact) mass is 376 g/mol. The van der Waals surface area contributed by atoms with E-state index in [-0.39, 0.29) is 22.5 Å². The number of hydrogen-bond acceptors (Lipinski definition) is 4. The second-order valence-electron chi connectivity index (χ2n) is 6.41. The number of carbonyl (C=O) groups excluding carboxylic acids is 1. The molecule has 140 valence electrons. The minimum Gasteiger partial charge on any atom is -0.491 e. The number of benzene rings is 2. The predicted molar refractivity (Wildman–Crippen MR) is 102 cm³/mol. The first kappa shape index (κ1) is 19.9. The highest BCUT2D eigenvalue weighted by Crippen LogP contribution is 2.21. The van der Waals surface area contributed by atoms with E-state index in [1.807, 2.05) is 13.8 Å². The zero-order valence-corrected chi connectivity index (χ0v) is 16.4. The molecule has 2 rings (SSSR count). The molecule has 6 nitrogen and oxygen atoms in total. The van der Waals surface area contributed by atoms with E-state index in [0.717, 1.165) is 4.31 Å². The lowest BCUT2D eigenvalue weighted by Gasteiger charge is -2.15. The molecular formula is C19H24N2O4S. The van der Waals surface area contributed by atoms with E-state index in [4.69, 9.17) is 4.74 Å². The molecule has 0 unspecified atom stereocenters. The van der Waals surface area contributed by atoms with E-state index in [2.05, 4.69) is 5.32 Å². The number of anilines is 1. The maximum atomic E-state index is 12.5. The fourth-order valence-electron chi connectivity index (χ4n) is 2.31. The van der Waals surface area contributed by atoms with Gasteiger partial charge in [-0.15, -0.1) is 0 Å². The Morgan fingerprint density at radius 3 is 2.23 bits per heavy atom. The highest BCUT2D eigenvalue weighted by molar-refractivity contribution is 7.89. The molecule has 0 aliphatic carbocycles. The topological polar surface area (TPSA) is 75.7 Å². The van der Waals surface area contributed by atoms with Gasteiger partial charge in [0.2, 0.25) is 10.0 Å². The summed E-state index contributed by atoms with van der Waals surface area (Å²) in [6.45, 7) is 5.57. The molecule has 1 amide bonds. The Bertz CT molecular complexity index is 888. The molecule has 0 heterocycles. The number of amides is 1. The summed E-state index contributed by atoms with van der Waals surface area (Å²) in [7, 11) is -0.696. The van der Waals surface area contributed by atoms with Gasteiger partial charge >= 0.3 is 0 Å². The van der Waals surface area contributed by atoms with Crippen LogP contribution in [0.1, 0.15) is 29.8 Å². The van der Waals surface area contributed by atoms with Crippen LogP contribution in [0, 0.1) is 6.92 Å². The number of nitrogens with zero attached hydrogens (tertiary/aromatic N) is 1. The Labute approximate surface area is 154 Å². The summed E-state index contributed by atoms with van der Waals surface area (Å²) in [6, 6.07) is 11.7. The summed E-state index contributed by atoms with van der Waals surface area (Å²) < 4.78 is 31.5. The molecule has 0 radical (unpaired) electrons. The Hall–Kier alpha value is -2.38. The van der Waals surface area contributed by atoms with Gasteiger partial charge < -0.3 is 10.1 Å². The summed E-state index contributed by atoms with van der Waals surface area (Å²) in [5.74, 6) is 0.338. The average Bonchev–Trinajstić information content (AvgIpc) is 2.56. The number of ether oxygens (including phenoxy) is 1. The SMILES string of the molecule is Cc1ccc(C(=O)Nc2ccc(OC(C)C)cc2)cc1S(=O)(=O)N(C)C. The van der Waals surface area contributed by atoms with Gasteiger partial charge in [0, 0.05) is 25.3 Å². The van der Waals surface area contributed by atoms with Gasteiger partial charge in [-0.3, -0.25) is 4.79 Å². The fraction of sp³-hybridized carbons (Fsp3) is 0.316. The van der Waals surface area contributed by atoms with Gasteiger partial charge in [-0.05, 0) is 62.7 Å². The first-order valence-corrected chi connectivity index (χ1v) is 9.66. The molecule has 0 aliphatic heterocycles. The maximum absolute atomic E-state index is 12.5. The third-order valence-corrected chi connectivity index (χ3v) is 5.65. The van der Waals surface area contributed by atoms with Gasteiger partial charge in [0.05, 0.1) is 11.0 Å². The van der Waals surface area contributed by atoms with Crippen LogP contribution in [0.3, 0.4) is 0 Å². The predicted octanol–water partition coefficient (Wildman–Crippen LogP) is 3.28. The highest BCUT2D eigenvalue weighted by Gasteiger charge is 2.21. The molecule has 0 spiro atoms. The Kier molecular flexibility index (Phi) is 6.05. The van der Waals surface area contributed by atoms with Crippen molar-refractivity contribution in [1.82, 2.24) is 4.31 Å². The zero-order valence-electron chi connectivity index (χ0n) is 15.6. The van der Waals surface area contributed by atoms with E-state index >= 15 is 0 Å². The van der Waals surface area contributed by atoms with Crippen LogP contribution in [0.4, 0.5) is 5.69 Å². The Balaban J connectivity index is 2.23. The second-order valence-corrected chi connectivity index (χ2v) is 8.53. The third kappa shape index (κ3) is 4.62. The molecule has 0 aromatic heterocycles. The highest BCUT2D eigenvalue weighted by atomic mass is 32.2. The van der Waals surface area contributed by atoms with Crippen LogP contribution in [-0.2, 0) is 10.0 Å². The zero-order chi connectivity index (χ0) is 19.5. The number of rotatable bonds is 6. The number of aryl methyl sites for hydroxylation is 1. The third-order valence-electron chi connectivity index (χ3n) is 3.69. The van der Waals surface area contributed by atoms with Crippen molar-refractivity contribution < 1.29 is 17.9 Å². The lowest BCUT2D eigenvalue weighted by molar-refractivity contribution is 0.102. The molecular weight excluding hydrogens is 352 g/mol. The standard InChI is InChI=1S/C19H24N2O4S/c1-13(2)25-17-10-8-16(9-11-17)20-19(22)15-7-6-14(3)18(12-15)26(23,24)21(4)5/h6-13H,1-5H3,(H,20,22). The average molecular weight is 376 g/mol. The quantitative estimate of drug-likeness (QED) is 0.839. The lowest BCUT2D eigenvalue weighted by atomic mass is 10.1. The van der Waals surface area contributed by atoms with Crippen LogP contribution in [0.2, 0.25) is 0 Å². The van der Waals surface area contributed by atoms with Crippen molar-refractivity contribution in [1.29, 1.82) is 0 Å². The summed E-state index contributed by atoms with van der Waals surface area (Å²) in [6.07, 6.45) is 0.0695. The van der Waals surface area contributed by atoms with Crippen LogP contribution in [0.5, 0.6) is 5.75 Å². The Morgan fingerprint density at radius 1 is 1.08 bits per heavy atom. The first-order chi connectivity index (χ1) is 12.1. The maximum Gasteiger partial charge on any atom is 0.255 e. The molecule has 7 heteroatoms. The van der Waals surface area contributed by atoms with Gasteiger partial charge in [-0.25, -0.2) is 12.7 Å². The summed E-state index contributed by atoms with van der Waals surface area (Å²) in [5, 5.41) is 2.76. The molecule has 1 N–H and O–H groups in total. The number of hydrogen-bond donors (Lipinski definition) is 1. The molecule has 0 saturated heterocycles. The van der Waals surface area contributed by atoms with Crippen LogP contribution < -0.4 is 10.1 Å². The van der Waals surface area contributed by atoms with Gasteiger partial charge in [-0.2, -0.15) is 0 Å². The Morgan fingerprint density at radius 2 is 1.69 bits per heavy atom. The van der Waals surface area contributed by atoms with Crippen LogP contribution in [0.15, 0.2) is 47.4 Å². The van der Waals surface area contributed by atoms with E-state index in [1.165, 1.54) is 20.2 Å². The minimum absolute atomic E-state index is 0.0695. The fourth-order valence-corrected chi connectivity index (χ4v) is 3.45. The largest absolute Gasteiger partial charge is 0.491 e. The van der Waals surface area contributed by atoms with Crippen LogP contribution in [-0.4, -0.2) is 38.8 Å². The van der Waals surface area contributed by atoms with Crippen molar-refractivity contribution >= 4 is 21.6 Å². The summed E-state index contributed by atoms with van der Waals surface area (Å²) in [5.41, 5.74) is 1.47. The van der Waals surface area contributed by atoms with E-state index in [1.54, 1.807) is 43.3 Å². The second kappa shape index (κ2) is 7.88. The molecule has 2 aromatic rings. The van der Waals surface area contributed by atoms with E-state index < -0.39 is 10.0 Å². The minimum atomic E-state index is -3.62. The van der Waals surface area contributed by atoms with Gasteiger partial charge in [0.1, 0.15) is 5.75 Å². The smallest absolute Gasteiger partial charge is 0.255 e.